The van der Waals surface area contributed by atoms with Gasteiger partial charge in [-0.15, -0.1) is 0 Å². The number of carbonyl (C=O) groups excluding carboxylic acids is 2. The van der Waals surface area contributed by atoms with E-state index in [1.165, 1.54) is 6.92 Å². The van der Waals surface area contributed by atoms with Crippen LogP contribution in [0, 0.1) is 0 Å². The summed E-state index contributed by atoms with van der Waals surface area (Å²) in [4.78, 5) is 25.7. The number of rotatable bonds is 4. The molecule has 0 amide bonds. The zero-order valence-electron chi connectivity index (χ0n) is 12.1. The molecule has 0 aliphatic heterocycles. The van der Waals surface area contributed by atoms with Crippen molar-refractivity contribution in [1.82, 2.24) is 4.98 Å². The number of aldehydes is 1. The minimum absolute atomic E-state index is 0.369. The lowest BCUT2D eigenvalue weighted by atomic mass is 10.1. The van der Waals surface area contributed by atoms with Gasteiger partial charge < -0.3 is 9.72 Å². The third-order valence-electron chi connectivity index (χ3n) is 3.50. The van der Waals surface area contributed by atoms with Crippen molar-refractivity contribution in [2.45, 2.75) is 13.3 Å². The van der Waals surface area contributed by atoms with Crippen LogP contribution in [0.25, 0.3) is 10.9 Å². The van der Waals surface area contributed by atoms with Crippen LogP contribution in [0.4, 0.5) is 0 Å². The Hall–Kier alpha value is -2.88. The van der Waals surface area contributed by atoms with Gasteiger partial charge >= 0.3 is 5.97 Å². The molecule has 0 fully saturated rings. The van der Waals surface area contributed by atoms with Gasteiger partial charge in [0.2, 0.25) is 0 Å². The van der Waals surface area contributed by atoms with Crippen LogP contribution < -0.4 is 4.74 Å². The summed E-state index contributed by atoms with van der Waals surface area (Å²) in [6.45, 7) is 1.36. The number of carbonyl (C=O) groups is 2. The largest absolute Gasteiger partial charge is 0.427 e. The van der Waals surface area contributed by atoms with Gasteiger partial charge in [0.1, 0.15) is 5.75 Å². The molecule has 1 heterocycles. The lowest BCUT2D eigenvalue weighted by molar-refractivity contribution is -0.131. The van der Waals surface area contributed by atoms with Gasteiger partial charge in [0.25, 0.3) is 0 Å². The van der Waals surface area contributed by atoms with Crippen LogP contribution in [0.15, 0.2) is 48.5 Å². The third-order valence-corrected chi connectivity index (χ3v) is 3.50. The summed E-state index contributed by atoms with van der Waals surface area (Å²) in [6.07, 6.45) is 1.51. The molecule has 4 heteroatoms. The Morgan fingerprint density at radius 2 is 1.95 bits per heavy atom. The smallest absolute Gasteiger partial charge is 0.308 e. The highest BCUT2D eigenvalue weighted by molar-refractivity contribution is 5.99. The molecule has 0 aliphatic carbocycles. The number of aromatic amines is 1. The quantitative estimate of drug-likeness (QED) is 0.455. The lowest BCUT2D eigenvalue weighted by Crippen LogP contribution is -2.00. The van der Waals surface area contributed by atoms with Gasteiger partial charge in [0, 0.05) is 36.1 Å². The molecule has 22 heavy (non-hydrogen) atoms. The van der Waals surface area contributed by atoms with Crippen molar-refractivity contribution in [1.29, 1.82) is 0 Å². The molecule has 110 valence electrons. The summed E-state index contributed by atoms with van der Waals surface area (Å²) in [5.74, 6) is 0.0935. The molecule has 0 saturated heterocycles. The van der Waals surface area contributed by atoms with Crippen LogP contribution in [0.3, 0.4) is 0 Å². The number of fused-ring (bicyclic) bond motifs is 1. The fourth-order valence-corrected chi connectivity index (χ4v) is 2.56. The molecule has 0 radical (unpaired) electrons. The van der Waals surface area contributed by atoms with E-state index in [0.29, 0.717) is 17.7 Å². The first-order valence-corrected chi connectivity index (χ1v) is 6.99. The zero-order valence-corrected chi connectivity index (χ0v) is 12.1. The van der Waals surface area contributed by atoms with Crippen molar-refractivity contribution >= 4 is 23.2 Å². The second-order valence-corrected chi connectivity index (χ2v) is 5.10. The Balaban J connectivity index is 2.03. The van der Waals surface area contributed by atoms with Crippen molar-refractivity contribution in [3.63, 3.8) is 0 Å². The van der Waals surface area contributed by atoms with Gasteiger partial charge in [-0.1, -0.05) is 30.3 Å². The highest BCUT2D eigenvalue weighted by atomic mass is 16.5. The van der Waals surface area contributed by atoms with Crippen LogP contribution in [-0.2, 0) is 11.2 Å². The Morgan fingerprint density at radius 1 is 1.18 bits per heavy atom. The first-order valence-electron chi connectivity index (χ1n) is 6.99. The van der Waals surface area contributed by atoms with Gasteiger partial charge in [-0.3, -0.25) is 9.59 Å². The molecule has 0 aliphatic rings. The maximum atomic E-state index is 11.4. The molecular formula is C18H15NO3. The number of H-pyrrole nitrogens is 1. The molecule has 3 aromatic rings. The summed E-state index contributed by atoms with van der Waals surface area (Å²) in [5, 5.41) is 0.830. The van der Waals surface area contributed by atoms with E-state index in [9.17, 15) is 9.59 Å². The third kappa shape index (κ3) is 2.76. The van der Waals surface area contributed by atoms with Crippen LogP contribution in [-0.4, -0.2) is 17.2 Å². The van der Waals surface area contributed by atoms with E-state index in [0.717, 1.165) is 28.4 Å². The molecule has 2 aromatic carbocycles. The molecule has 0 bridgehead atoms. The molecule has 0 unspecified atom stereocenters. The minimum Gasteiger partial charge on any atom is -0.427 e. The van der Waals surface area contributed by atoms with Crippen LogP contribution in [0.5, 0.6) is 5.75 Å². The van der Waals surface area contributed by atoms with E-state index < -0.39 is 0 Å². The average Bonchev–Trinajstić information content (AvgIpc) is 2.83. The van der Waals surface area contributed by atoms with Crippen molar-refractivity contribution in [2.24, 2.45) is 0 Å². The summed E-state index contributed by atoms with van der Waals surface area (Å²) < 4.78 is 5.08. The second-order valence-electron chi connectivity index (χ2n) is 5.10. The number of hydrogen-bond donors (Lipinski definition) is 1. The predicted molar refractivity (Wildman–Crippen MR) is 84.2 cm³/mol. The standard InChI is InChI=1S/C18H15NO3/c1-12(21)22-14-7-8-15-16(11-20)17(19-18(15)10-14)9-13-5-3-2-4-6-13/h2-8,10-11,19H,9H2,1H3. The second kappa shape index (κ2) is 5.85. The van der Waals surface area contributed by atoms with Crippen molar-refractivity contribution in [3.8, 4) is 5.75 Å². The highest BCUT2D eigenvalue weighted by Gasteiger charge is 2.12. The van der Waals surface area contributed by atoms with Gasteiger partial charge in [0.05, 0.1) is 5.52 Å². The summed E-state index contributed by atoms with van der Waals surface area (Å²) in [5.41, 5.74) is 3.41. The number of ether oxygens (including phenoxy) is 1. The topological polar surface area (TPSA) is 59.2 Å². The molecule has 1 aromatic heterocycles. The Labute approximate surface area is 127 Å². The number of hydrogen-bond acceptors (Lipinski definition) is 3. The van der Waals surface area contributed by atoms with Crippen molar-refractivity contribution in [3.05, 3.63) is 65.4 Å². The van der Waals surface area contributed by atoms with E-state index in [-0.39, 0.29) is 5.97 Å². The Bertz CT molecular complexity index is 834. The van der Waals surface area contributed by atoms with E-state index in [4.69, 9.17) is 4.74 Å². The zero-order chi connectivity index (χ0) is 15.5. The van der Waals surface area contributed by atoms with E-state index in [1.807, 2.05) is 30.3 Å². The Kier molecular flexibility index (Phi) is 3.74. The number of nitrogens with one attached hydrogen (secondary N) is 1. The SMILES string of the molecule is CC(=O)Oc1ccc2c(C=O)c(Cc3ccccc3)[nH]c2c1. The number of aromatic nitrogens is 1. The first kappa shape index (κ1) is 14.1. The lowest BCUT2D eigenvalue weighted by Gasteiger charge is -2.00. The Morgan fingerprint density at radius 3 is 2.64 bits per heavy atom. The van der Waals surface area contributed by atoms with Crippen LogP contribution in [0.2, 0.25) is 0 Å². The van der Waals surface area contributed by atoms with Gasteiger partial charge in [-0.25, -0.2) is 0 Å². The maximum absolute atomic E-state index is 11.4. The van der Waals surface area contributed by atoms with Crippen molar-refractivity contribution in [2.75, 3.05) is 0 Å². The van der Waals surface area contributed by atoms with E-state index in [1.54, 1.807) is 18.2 Å². The number of esters is 1. The van der Waals surface area contributed by atoms with Gasteiger partial charge in [0.15, 0.2) is 6.29 Å². The maximum Gasteiger partial charge on any atom is 0.308 e. The monoisotopic (exact) mass is 293 g/mol. The summed E-state index contributed by atoms with van der Waals surface area (Å²) in [6, 6.07) is 15.2. The molecule has 4 nitrogen and oxygen atoms in total. The molecule has 0 atom stereocenters. The molecule has 1 N–H and O–H groups in total. The average molecular weight is 293 g/mol. The fraction of sp³-hybridized carbons (Fsp3) is 0.111. The van der Waals surface area contributed by atoms with Gasteiger partial charge in [-0.2, -0.15) is 0 Å². The number of benzene rings is 2. The van der Waals surface area contributed by atoms with E-state index >= 15 is 0 Å². The highest BCUT2D eigenvalue weighted by Crippen LogP contribution is 2.26. The van der Waals surface area contributed by atoms with Crippen LogP contribution >= 0.6 is 0 Å². The summed E-state index contributed by atoms with van der Waals surface area (Å²) >= 11 is 0. The fourth-order valence-electron chi connectivity index (χ4n) is 2.56. The normalized spacial score (nSPS) is 10.6. The summed E-state index contributed by atoms with van der Waals surface area (Å²) in [7, 11) is 0. The first-order chi connectivity index (χ1) is 10.7. The minimum atomic E-state index is -0.369. The van der Waals surface area contributed by atoms with Gasteiger partial charge in [-0.05, 0) is 17.7 Å². The molecule has 0 saturated carbocycles. The predicted octanol–water partition coefficient (Wildman–Crippen LogP) is 3.50. The van der Waals surface area contributed by atoms with E-state index in [2.05, 4.69) is 4.98 Å². The van der Waals surface area contributed by atoms with Crippen LogP contribution in [0.1, 0.15) is 28.5 Å². The van der Waals surface area contributed by atoms with Crippen molar-refractivity contribution < 1.29 is 14.3 Å². The molecule has 3 rings (SSSR count). The molecular weight excluding hydrogens is 278 g/mol. The molecule has 0 spiro atoms.